The van der Waals surface area contributed by atoms with Crippen LogP contribution in [0.25, 0.3) is 16.8 Å². The van der Waals surface area contributed by atoms with Gasteiger partial charge in [0.2, 0.25) is 0 Å². The highest BCUT2D eigenvalue weighted by molar-refractivity contribution is 6.37. The Morgan fingerprint density at radius 3 is 2.17 bits per heavy atom. The molecular formula is C24H14Cl3F3N2O3. The van der Waals surface area contributed by atoms with Crippen LogP contribution in [0.1, 0.15) is 21.7 Å². The van der Waals surface area contributed by atoms with Gasteiger partial charge in [0.05, 0.1) is 21.3 Å². The van der Waals surface area contributed by atoms with Crippen molar-refractivity contribution in [2.24, 2.45) is 0 Å². The number of para-hydroxylation sites is 1. The summed E-state index contributed by atoms with van der Waals surface area (Å²) in [6.45, 7) is -0.252. The van der Waals surface area contributed by atoms with Crippen LogP contribution in [0.3, 0.4) is 0 Å². The van der Waals surface area contributed by atoms with Gasteiger partial charge < -0.3 is 9.84 Å². The molecule has 0 aliphatic rings. The molecule has 4 aromatic rings. The van der Waals surface area contributed by atoms with Crippen LogP contribution < -0.4 is 4.74 Å². The van der Waals surface area contributed by atoms with Crippen molar-refractivity contribution in [2.75, 3.05) is 0 Å². The Morgan fingerprint density at radius 1 is 0.943 bits per heavy atom. The number of halogens is 6. The second-order valence-corrected chi connectivity index (χ2v) is 8.54. The van der Waals surface area contributed by atoms with Gasteiger partial charge in [-0.15, -0.1) is 0 Å². The van der Waals surface area contributed by atoms with E-state index in [1.54, 1.807) is 36.4 Å². The van der Waals surface area contributed by atoms with E-state index in [1.807, 2.05) is 0 Å². The fourth-order valence-electron chi connectivity index (χ4n) is 3.32. The molecule has 0 radical (unpaired) electrons. The molecular weight excluding hydrogens is 528 g/mol. The minimum atomic E-state index is -4.68. The number of nitrogens with zero attached hydrogens (tertiary/aromatic N) is 2. The number of hydrogen-bond acceptors (Lipinski definition) is 3. The Bertz CT molecular complexity index is 1380. The van der Waals surface area contributed by atoms with Gasteiger partial charge in [0, 0.05) is 10.6 Å². The summed E-state index contributed by atoms with van der Waals surface area (Å²) in [5, 5.41) is 13.2. The Hall–Kier alpha value is -3.20. The van der Waals surface area contributed by atoms with E-state index in [2.05, 4.69) is 5.10 Å². The second kappa shape index (κ2) is 9.81. The third kappa shape index (κ3) is 5.40. The number of rotatable bonds is 6. The Morgan fingerprint density at radius 2 is 1.60 bits per heavy atom. The zero-order valence-corrected chi connectivity index (χ0v) is 19.8. The predicted octanol–water partition coefficient (Wildman–Crippen LogP) is 7.80. The van der Waals surface area contributed by atoms with Gasteiger partial charge in [-0.25, -0.2) is 9.48 Å². The molecule has 0 unspecified atom stereocenters. The average Bonchev–Trinajstić information content (AvgIpc) is 3.22. The summed E-state index contributed by atoms with van der Waals surface area (Å²) in [6, 6.07) is 16.4. The van der Waals surface area contributed by atoms with Gasteiger partial charge in [0.1, 0.15) is 18.0 Å². The molecule has 0 fully saturated rings. The normalized spacial score (nSPS) is 11.5. The van der Waals surface area contributed by atoms with Crippen LogP contribution in [0.5, 0.6) is 5.75 Å². The quantitative estimate of drug-likeness (QED) is 0.271. The fourth-order valence-corrected chi connectivity index (χ4v) is 4.16. The molecule has 1 aromatic heterocycles. The Labute approximate surface area is 212 Å². The lowest BCUT2D eigenvalue weighted by atomic mass is 10.0. The van der Waals surface area contributed by atoms with E-state index in [1.165, 1.54) is 24.3 Å². The summed E-state index contributed by atoms with van der Waals surface area (Å²) in [6.07, 6.45) is -4.68. The van der Waals surface area contributed by atoms with Crippen LogP contribution in [-0.2, 0) is 12.8 Å². The standard InChI is InChI=1S/C24H14Cl3F3N2O3/c25-18-2-1-3-19(26)22(18)32-15(11-21(31-32)24(28,29)30)12-35-16-7-4-13(5-8-16)17-9-6-14(23(33)34)10-20(17)27/h1-11H,12H2,(H,33,34). The van der Waals surface area contributed by atoms with Gasteiger partial charge in [-0.05, 0) is 48.0 Å². The highest BCUT2D eigenvalue weighted by Crippen LogP contribution is 2.34. The Kier molecular flexibility index (Phi) is 6.98. The summed E-state index contributed by atoms with van der Waals surface area (Å²) in [4.78, 5) is 11.1. The molecule has 0 aliphatic carbocycles. The predicted molar refractivity (Wildman–Crippen MR) is 127 cm³/mol. The Balaban J connectivity index is 1.59. The van der Waals surface area contributed by atoms with Gasteiger partial charge in [-0.2, -0.15) is 18.3 Å². The van der Waals surface area contributed by atoms with Crippen LogP contribution in [-0.4, -0.2) is 20.9 Å². The molecule has 1 heterocycles. The van der Waals surface area contributed by atoms with Crippen molar-refractivity contribution < 1.29 is 27.8 Å². The molecule has 11 heteroatoms. The molecule has 0 aliphatic heterocycles. The maximum Gasteiger partial charge on any atom is 0.435 e. The molecule has 35 heavy (non-hydrogen) atoms. The minimum Gasteiger partial charge on any atom is -0.487 e. The molecule has 0 bridgehead atoms. The maximum absolute atomic E-state index is 13.3. The number of aromatic nitrogens is 2. The van der Waals surface area contributed by atoms with E-state index in [4.69, 9.17) is 44.6 Å². The van der Waals surface area contributed by atoms with Crippen molar-refractivity contribution in [1.82, 2.24) is 9.78 Å². The molecule has 1 N–H and O–H groups in total. The number of carboxylic acid groups (broad SMARTS) is 1. The van der Waals surface area contributed by atoms with Gasteiger partial charge >= 0.3 is 12.1 Å². The van der Waals surface area contributed by atoms with E-state index >= 15 is 0 Å². The number of carboxylic acids is 1. The molecule has 5 nitrogen and oxygen atoms in total. The van der Waals surface area contributed by atoms with Crippen molar-refractivity contribution in [3.63, 3.8) is 0 Å². The molecule has 0 spiro atoms. The molecule has 0 saturated heterocycles. The smallest absolute Gasteiger partial charge is 0.435 e. The SMILES string of the molecule is O=C(O)c1ccc(-c2ccc(OCc3cc(C(F)(F)F)nn3-c3c(Cl)cccc3Cl)cc2)c(Cl)c1. The van der Waals surface area contributed by atoms with E-state index in [0.29, 0.717) is 16.9 Å². The summed E-state index contributed by atoms with van der Waals surface area (Å²) >= 11 is 18.6. The van der Waals surface area contributed by atoms with E-state index in [-0.39, 0.29) is 38.6 Å². The maximum atomic E-state index is 13.3. The number of hydrogen-bond donors (Lipinski definition) is 1. The van der Waals surface area contributed by atoms with Gasteiger partial charge in [-0.3, -0.25) is 0 Å². The highest BCUT2D eigenvalue weighted by Gasteiger charge is 2.35. The first-order valence-electron chi connectivity index (χ1n) is 9.91. The molecule has 3 aromatic carbocycles. The number of benzene rings is 3. The molecule has 0 amide bonds. The van der Waals surface area contributed by atoms with Crippen LogP contribution >= 0.6 is 34.8 Å². The van der Waals surface area contributed by atoms with Crippen molar-refractivity contribution in [3.05, 3.63) is 98.7 Å². The molecule has 0 atom stereocenters. The minimum absolute atomic E-state index is 0.0622. The average molecular weight is 542 g/mol. The molecule has 180 valence electrons. The zero-order valence-electron chi connectivity index (χ0n) is 17.5. The highest BCUT2D eigenvalue weighted by atomic mass is 35.5. The lowest BCUT2D eigenvalue weighted by Gasteiger charge is -2.12. The van der Waals surface area contributed by atoms with E-state index < -0.39 is 17.8 Å². The summed E-state index contributed by atoms with van der Waals surface area (Å²) in [7, 11) is 0. The first-order chi connectivity index (χ1) is 16.5. The van der Waals surface area contributed by atoms with Crippen molar-refractivity contribution in [1.29, 1.82) is 0 Å². The van der Waals surface area contributed by atoms with Crippen LogP contribution in [0, 0.1) is 0 Å². The topological polar surface area (TPSA) is 64.3 Å². The number of aromatic carboxylic acids is 1. The van der Waals surface area contributed by atoms with Gasteiger partial charge in [0.15, 0.2) is 5.69 Å². The second-order valence-electron chi connectivity index (χ2n) is 7.31. The van der Waals surface area contributed by atoms with E-state index in [0.717, 1.165) is 10.7 Å². The lowest BCUT2D eigenvalue weighted by molar-refractivity contribution is -0.141. The zero-order chi connectivity index (χ0) is 25.3. The van der Waals surface area contributed by atoms with Gasteiger partial charge in [-0.1, -0.05) is 59.1 Å². The largest absolute Gasteiger partial charge is 0.487 e. The van der Waals surface area contributed by atoms with E-state index in [9.17, 15) is 18.0 Å². The summed E-state index contributed by atoms with van der Waals surface area (Å²) in [5.41, 5.74) is 0.466. The lowest BCUT2D eigenvalue weighted by Crippen LogP contribution is -2.09. The fraction of sp³-hybridized carbons (Fsp3) is 0.0833. The van der Waals surface area contributed by atoms with Gasteiger partial charge in [0.25, 0.3) is 0 Å². The van der Waals surface area contributed by atoms with Crippen LogP contribution in [0.2, 0.25) is 15.1 Å². The summed E-state index contributed by atoms with van der Waals surface area (Å²) in [5.74, 6) is -0.716. The summed E-state index contributed by atoms with van der Waals surface area (Å²) < 4.78 is 46.8. The third-order valence-electron chi connectivity index (χ3n) is 4.99. The molecule has 0 saturated carbocycles. The number of carbonyl (C=O) groups is 1. The van der Waals surface area contributed by atoms with Crippen molar-refractivity contribution in [2.45, 2.75) is 12.8 Å². The first-order valence-corrected chi connectivity index (χ1v) is 11.0. The third-order valence-corrected chi connectivity index (χ3v) is 5.91. The number of alkyl halides is 3. The van der Waals surface area contributed by atoms with Crippen molar-refractivity contribution >= 4 is 40.8 Å². The van der Waals surface area contributed by atoms with Crippen LogP contribution in [0.4, 0.5) is 13.2 Å². The monoisotopic (exact) mass is 540 g/mol. The van der Waals surface area contributed by atoms with Crippen LogP contribution in [0.15, 0.2) is 66.7 Å². The van der Waals surface area contributed by atoms with Crippen molar-refractivity contribution in [3.8, 4) is 22.6 Å². The number of ether oxygens (including phenoxy) is 1. The first kappa shape index (κ1) is 24.9. The molecule has 4 rings (SSSR count).